The fourth-order valence-corrected chi connectivity index (χ4v) is 1.99. The Hall–Kier alpha value is -1.42. The number of aromatic nitrogens is 1. The largest absolute Gasteiger partial charge is 0.393 e. The molecule has 1 heterocycles. The van der Waals surface area contributed by atoms with Crippen LogP contribution in [0.3, 0.4) is 0 Å². The van der Waals surface area contributed by atoms with Crippen LogP contribution in [-0.2, 0) is 0 Å². The smallest absolute Gasteiger partial charge is 0.253 e. The lowest BCUT2D eigenvalue weighted by Gasteiger charge is -2.26. The third-order valence-corrected chi connectivity index (χ3v) is 2.96. The summed E-state index contributed by atoms with van der Waals surface area (Å²) in [6.07, 6.45) is 6.28. The van der Waals surface area contributed by atoms with Gasteiger partial charge in [-0.05, 0) is 37.8 Å². The molecule has 1 aliphatic rings. The number of amides is 1. The number of carbonyl (C=O) groups is 1. The molecule has 0 aliphatic heterocycles. The number of carbonyl (C=O) groups excluding carboxylic acids is 1. The zero-order valence-corrected chi connectivity index (χ0v) is 9.10. The third kappa shape index (κ3) is 2.79. The van der Waals surface area contributed by atoms with Crippen LogP contribution in [-0.4, -0.2) is 28.1 Å². The van der Waals surface area contributed by atoms with Crippen molar-refractivity contribution < 1.29 is 9.90 Å². The number of hydrogen-bond donors (Lipinski definition) is 2. The van der Waals surface area contributed by atoms with Crippen molar-refractivity contribution in [3.8, 4) is 0 Å². The number of nitrogens with zero attached hydrogens (tertiary/aromatic N) is 1. The summed E-state index contributed by atoms with van der Waals surface area (Å²) < 4.78 is 0. The maximum atomic E-state index is 11.8. The molecule has 1 aromatic heterocycles. The molecule has 0 saturated heterocycles. The molecule has 1 amide bonds. The van der Waals surface area contributed by atoms with Gasteiger partial charge in [-0.25, -0.2) is 0 Å². The van der Waals surface area contributed by atoms with E-state index >= 15 is 0 Å². The number of hydrogen-bond acceptors (Lipinski definition) is 3. The quantitative estimate of drug-likeness (QED) is 0.785. The minimum Gasteiger partial charge on any atom is -0.393 e. The van der Waals surface area contributed by atoms with Crippen LogP contribution in [0.25, 0.3) is 0 Å². The highest BCUT2D eigenvalue weighted by Gasteiger charge is 2.21. The van der Waals surface area contributed by atoms with Crippen LogP contribution >= 0.6 is 0 Å². The molecule has 0 unspecified atom stereocenters. The van der Waals surface area contributed by atoms with Crippen molar-refractivity contribution in [3.63, 3.8) is 0 Å². The Morgan fingerprint density at radius 1 is 1.38 bits per heavy atom. The molecule has 1 fully saturated rings. The molecule has 0 radical (unpaired) electrons. The summed E-state index contributed by atoms with van der Waals surface area (Å²) in [5.41, 5.74) is 0.591. The number of aliphatic hydroxyl groups excluding tert-OH is 1. The van der Waals surface area contributed by atoms with Crippen molar-refractivity contribution in [2.45, 2.75) is 37.8 Å². The van der Waals surface area contributed by atoms with Gasteiger partial charge in [0.15, 0.2) is 0 Å². The molecular weight excluding hydrogens is 204 g/mol. The summed E-state index contributed by atoms with van der Waals surface area (Å²) in [7, 11) is 0. The number of rotatable bonds is 2. The normalized spacial score (nSPS) is 25.1. The highest BCUT2D eigenvalue weighted by molar-refractivity contribution is 5.93. The molecule has 4 heteroatoms. The van der Waals surface area contributed by atoms with Crippen molar-refractivity contribution in [2.24, 2.45) is 0 Å². The van der Waals surface area contributed by atoms with Gasteiger partial charge in [-0.2, -0.15) is 0 Å². The molecule has 0 bridgehead atoms. The average Bonchev–Trinajstić information content (AvgIpc) is 2.33. The second-order valence-electron chi connectivity index (χ2n) is 4.22. The first-order valence-corrected chi connectivity index (χ1v) is 5.64. The Labute approximate surface area is 94.7 Å². The lowest BCUT2D eigenvalue weighted by atomic mass is 9.93. The Morgan fingerprint density at radius 2 is 2.12 bits per heavy atom. The molecule has 4 nitrogen and oxygen atoms in total. The molecule has 1 saturated carbocycles. The van der Waals surface area contributed by atoms with E-state index in [4.69, 9.17) is 0 Å². The standard InChI is InChI=1S/C12H16N2O2/c15-11-5-3-10(4-6-11)14-12(16)9-2-1-7-13-8-9/h1-2,7-8,10-11,15H,3-6H2,(H,14,16). The zero-order valence-electron chi connectivity index (χ0n) is 9.10. The second-order valence-corrected chi connectivity index (χ2v) is 4.22. The first-order chi connectivity index (χ1) is 7.75. The SMILES string of the molecule is O=C(NC1CCC(O)CC1)c1cccnc1. The van der Waals surface area contributed by atoms with Crippen LogP contribution in [0.5, 0.6) is 0 Å². The number of pyridine rings is 1. The van der Waals surface area contributed by atoms with E-state index in [0.717, 1.165) is 25.7 Å². The van der Waals surface area contributed by atoms with Gasteiger partial charge in [0, 0.05) is 18.4 Å². The molecule has 0 atom stereocenters. The van der Waals surface area contributed by atoms with Crippen molar-refractivity contribution in [3.05, 3.63) is 30.1 Å². The number of nitrogens with one attached hydrogen (secondary N) is 1. The zero-order chi connectivity index (χ0) is 11.4. The molecule has 2 N–H and O–H groups in total. The topological polar surface area (TPSA) is 62.2 Å². The minimum atomic E-state index is -0.188. The van der Waals surface area contributed by atoms with Gasteiger partial charge in [-0.3, -0.25) is 9.78 Å². The van der Waals surface area contributed by atoms with Crippen LogP contribution in [0.2, 0.25) is 0 Å². The predicted octanol–water partition coefficient (Wildman–Crippen LogP) is 1.11. The summed E-state index contributed by atoms with van der Waals surface area (Å²) >= 11 is 0. The molecule has 1 aliphatic carbocycles. The van der Waals surface area contributed by atoms with E-state index in [9.17, 15) is 9.90 Å². The summed E-state index contributed by atoms with van der Waals surface area (Å²) in [5.74, 6) is -0.0745. The van der Waals surface area contributed by atoms with E-state index in [2.05, 4.69) is 10.3 Å². The predicted molar refractivity (Wildman–Crippen MR) is 60.0 cm³/mol. The first-order valence-electron chi connectivity index (χ1n) is 5.64. The van der Waals surface area contributed by atoms with Gasteiger partial charge in [0.05, 0.1) is 11.7 Å². The Bertz CT molecular complexity index is 345. The Morgan fingerprint density at radius 3 is 2.75 bits per heavy atom. The van der Waals surface area contributed by atoms with Gasteiger partial charge < -0.3 is 10.4 Å². The van der Waals surface area contributed by atoms with Gasteiger partial charge in [-0.1, -0.05) is 0 Å². The average molecular weight is 220 g/mol. The van der Waals surface area contributed by atoms with E-state index < -0.39 is 0 Å². The molecule has 0 aromatic carbocycles. The first kappa shape index (κ1) is 11.1. The van der Waals surface area contributed by atoms with Gasteiger partial charge in [0.2, 0.25) is 0 Å². The van der Waals surface area contributed by atoms with Crippen molar-refractivity contribution in [2.75, 3.05) is 0 Å². The lowest BCUT2D eigenvalue weighted by molar-refractivity contribution is 0.0867. The van der Waals surface area contributed by atoms with Crippen molar-refractivity contribution in [1.29, 1.82) is 0 Å². The van der Waals surface area contributed by atoms with Crippen LogP contribution in [0.4, 0.5) is 0 Å². The van der Waals surface area contributed by atoms with Crippen molar-refractivity contribution >= 4 is 5.91 Å². The van der Waals surface area contributed by atoms with E-state index in [1.54, 1.807) is 24.5 Å². The molecule has 2 rings (SSSR count). The van der Waals surface area contributed by atoms with Crippen LogP contribution in [0.15, 0.2) is 24.5 Å². The molecule has 1 aromatic rings. The van der Waals surface area contributed by atoms with Gasteiger partial charge in [0.25, 0.3) is 5.91 Å². The van der Waals surface area contributed by atoms with Gasteiger partial charge >= 0.3 is 0 Å². The molecular formula is C12H16N2O2. The van der Waals surface area contributed by atoms with Crippen LogP contribution < -0.4 is 5.32 Å². The van der Waals surface area contributed by atoms with Gasteiger partial charge in [0.1, 0.15) is 0 Å². The van der Waals surface area contributed by atoms with Crippen molar-refractivity contribution in [1.82, 2.24) is 10.3 Å². The van der Waals surface area contributed by atoms with E-state index in [1.165, 1.54) is 0 Å². The minimum absolute atomic E-state index is 0.0745. The second kappa shape index (κ2) is 5.07. The highest BCUT2D eigenvalue weighted by Crippen LogP contribution is 2.18. The van der Waals surface area contributed by atoms with E-state index in [1.807, 2.05) is 0 Å². The number of aliphatic hydroxyl groups is 1. The fraction of sp³-hybridized carbons (Fsp3) is 0.500. The molecule has 16 heavy (non-hydrogen) atoms. The summed E-state index contributed by atoms with van der Waals surface area (Å²) in [6, 6.07) is 3.69. The maximum absolute atomic E-state index is 11.8. The summed E-state index contributed by atoms with van der Waals surface area (Å²) in [4.78, 5) is 15.7. The maximum Gasteiger partial charge on any atom is 0.253 e. The van der Waals surface area contributed by atoms with Crippen LogP contribution in [0.1, 0.15) is 36.0 Å². The van der Waals surface area contributed by atoms with Gasteiger partial charge in [-0.15, -0.1) is 0 Å². The monoisotopic (exact) mass is 220 g/mol. The van der Waals surface area contributed by atoms with E-state index in [0.29, 0.717) is 5.56 Å². The lowest BCUT2D eigenvalue weighted by Crippen LogP contribution is -2.38. The van der Waals surface area contributed by atoms with Crippen LogP contribution in [0, 0.1) is 0 Å². The highest BCUT2D eigenvalue weighted by atomic mass is 16.3. The Kier molecular flexibility index (Phi) is 3.51. The third-order valence-electron chi connectivity index (χ3n) is 2.96. The van der Waals surface area contributed by atoms with E-state index in [-0.39, 0.29) is 18.1 Å². The molecule has 86 valence electrons. The Balaban J connectivity index is 1.88. The molecule has 0 spiro atoms. The summed E-state index contributed by atoms with van der Waals surface area (Å²) in [6.45, 7) is 0. The summed E-state index contributed by atoms with van der Waals surface area (Å²) in [5, 5.41) is 12.3. The fourth-order valence-electron chi connectivity index (χ4n) is 1.99.